The zero-order valence-electron chi connectivity index (χ0n) is 14.5. The third kappa shape index (κ3) is 4.00. The summed E-state index contributed by atoms with van der Waals surface area (Å²) >= 11 is 0. The van der Waals surface area contributed by atoms with Crippen LogP contribution in [0.2, 0.25) is 0 Å². The number of carbonyl (C=O) groups excluding carboxylic acids is 2. The van der Waals surface area contributed by atoms with Gasteiger partial charge in [-0.2, -0.15) is 0 Å². The first kappa shape index (κ1) is 17.8. The number of esters is 2. The molecule has 4 atom stereocenters. The van der Waals surface area contributed by atoms with Gasteiger partial charge >= 0.3 is 11.9 Å². The van der Waals surface area contributed by atoms with Gasteiger partial charge in [0.2, 0.25) is 0 Å². The van der Waals surface area contributed by atoms with Crippen LogP contribution in [0, 0.1) is 5.92 Å². The summed E-state index contributed by atoms with van der Waals surface area (Å²) in [5, 5.41) is 0. The van der Waals surface area contributed by atoms with E-state index in [4.69, 9.17) is 23.7 Å². The van der Waals surface area contributed by atoms with Crippen molar-refractivity contribution in [3.63, 3.8) is 0 Å². The molecule has 0 radical (unpaired) electrons. The highest BCUT2D eigenvalue weighted by Crippen LogP contribution is 2.42. The predicted octanol–water partition coefficient (Wildman–Crippen LogP) is 1.90. The van der Waals surface area contributed by atoms with E-state index in [1.807, 2.05) is 6.07 Å². The third-order valence-electron chi connectivity index (χ3n) is 4.31. The van der Waals surface area contributed by atoms with E-state index < -0.39 is 30.3 Å². The zero-order chi connectivity index (χ0) is 18.0. The van der Waals surface area contributed by atoms with Crippen molar-refractivity contribution >= 4 is 11.9 Å². The Labute approximate surface area is 146 Å². The summed E-state index contributed by atoms with van der Waals surface area (Å²) in [5.74, 6) is -1.92. The van der Waals surface area contributed by atoms with Crippen LogP contribution in [0.5, 0.6) is 0 Å². The molecule has 1 aromatic carbocycles. The van der Waals surface area contributed by atoms with E-state index >= 15 is 0 Å². The molecular formula is C18H22O7. The molecule has 0 aliphatic carbocycles. The number of benzene rings is 1. The lowest BCUT2D eigenvalue weighted by atomic mass is 9.95. The molecule has 2 aliphatic rings. The molecule has 3 rings (SSSR count). The lowest BCUT2D eigenvalue weighted by Gasteiger charge is -2.25. The first-order valence-electron chi connectivity index (χ1n) is 8.20. The van der Waals surface area contributed by atoms with Gasteiger partial charge in [0.05, 0.1) is 19.1 Å². The molecule has 0 N–H and O–H groups in total. The summed E-state index contributed by atoms with van der Waals surface area (Å²) < 4.78 is 27.5. The molecule has 2 heterocycles. The van der Waals surface area contributed by atoms with Gasteiger partial charge in [0.1, 0.15) is 18.8 Å². The Morgan fingerprint density at radius 1 is 1.16 bits per heavy atom. The quantitative estimate of drug-likeness (QED) is 0.750. The highest BCUT2D eigenvalue weighted by atomic mass is 16.8. The molecule has 2 aliphatic heterocycles. The van der Waals surface area contributed by atoms with E-state index in [-0.39, 0.29) is 24.9 Å². The van der Waals surface area contributed by atoms with Crippen molar-refractivity contribution in [1.29, 1.82) is 0 Å². The van der Waals surface area contributed by atoms with Crippen LogP contribution in [0.15, 0.2) is 30.3 Å². The fourth-order valence-corrected chi connectivity index (χ4v) is 3.14. The summed E-state index contributed by atoms with van der Waals surface area (Å²) in [4.78, 5) is 23.8. The number of carbonyl (C=O) groups is 2. The Bertz CT molecular complexity index is 628. The minimum absolute atomic E-state index is 0.00946. The number of fused-ring (bicyclic) bond motifs is 1. The van der Waals surface area contributed by atoms with E-state index in [2.05, 4.69) is 0 Å². The van der Waals surface area contributed by atoms with Gasteiger partial charge in [-0.1, -0.05) is 18.2 Å². The van der Waals surface area contributed by atoms with Gasteiger partial charge in [0, 0.05) is 5.92 Å². The van der Waals surface area contributed by atoms with Gasteiger partial charge in [-0.25, -0.2) is 4.79 Å². The minimum Gasteiger partial charge on any atom is -0.469 e. The molecule has 0 aromatic heterocycles. The maximum Gasteiger partial charge on any atom is 0.338 e. The van der Waals surface area contributed by atoms with Crippen LogP contribution in [0.3, 0.4) is 0 Å². The first-order valence-corrected chi connectivity index (χ1v) is 8.20. The maximum absolute atomic E-state index is 12.1. The van der Waals surface area contributed by atoms with E-state index in [1.54, 1.807) is 38.1 Å². The van der Waals surface area contributed by atoms with Gasteiger partial charge in [-0.3, -0.25) is 4.79 Å². The Morgan fingerprint density at radius 3 is 2.56 bits per heavy atom. The van der Waals surface area contributed by atoms with Gasteiger partial charge < -0.3 is 23.7 Å². The Kier molecular flexibility index (Phi) is 5.08. The second kappa shape index (κ2) is 7.11. The van der Waals surface area contributed by atoms with Gasteiger partial charge in [0.15, 0.2) is 12.1 Å². The van der Waals surface area contributed by atoms with Crippen molar-refractivity contribution in [2.24, 2.45) is 5.92 Å². The Morgan fingerprint density at radius 2 is 1.88 bits per heavy atom. The second-order valence-electron chi connectivity index (χ2n) is 6.55. The zero-order valence-corrected chi connectivity index (χ0v) is 14.5. The summed E-state index contributed by atoms with van der Waals surface area (Å²) in [5.41, 5.74) is 0.457. The van der Waals surface area contributed by atoms with Crippen LogP contribution < -0.4 is 0 Å². The minimum atomic E-state index is -0.782. The smallest absolute Gasteiger partial charge is 0.338 e. The van der Waals surface area contributed by atoms with Crippen LogP contribution in [-0.4, -0.2) is 49.9 Å². The van der Waals surface area contributed by atoms with Gasteiger partial charge in [-0.15, -0.1) is 0 Å². The lowest BCUT2D eigenvalue weighted by Crippen LogP contribution is -2.34. The number of hydrogen-bond acceptors (Lipinski definition) is 7. The fraction of sp³-hybridized carbons (Fsp3) is 0.556. The highest BCUT2D eigenvalue weighted by molar-refractivity contribution is 5.89. The van der Waals surface area contributed by atoms with Crippen LogP contribution in [0.1, 0.15) is 30.6 Å². The third-order valence-corrected chi connectivity index (χ3v) is 4.31. The SMILES string of the molecule is COC(=O)C[C@H]1[C@H]2OC(C)(C)O[C@H]2O[C@@H]1COC(=O)c1ccccc1. The standard InChI is InChI=1S/C18H22O7/c1-18(2)24-15-12(9-14(19)21-3)13(23-17(15)25-18)10-22-16(20)11-7-5-4-6-8-11/h4-8,12-13,15,17H,9-10H2,1-3H3/t12-,13-,15-,17-/m1/s1. The van der Waals surface area contributed by atoms with E-state index in [0.29, 0.717) is 5.56 Å². The molecule has 0 spiro atoms. The molecular weight excluding hydrogens is 328 g/mol. The molecule has 1 aromatic rings. The first-order chi connectivity index (χ1) is 11.9. The summed E-state index contributed by atoms with van der Waals surface area (Å²) in [6.45, 7) is 3.58. The summed E-state index contributed by atoms with van der Waals surface area (Å²) in [6, 6.07) is 8.69. The van der Waals surface area contributed by atoms with Crippen molar-refractivity contribution in [3.05, 3.63) is 35.9 Å². The average Bonchev–Trinajstić information content (AvgIpc) is 3.05. The van der Waals surface area contributed by atoms with E-state index in [9.17, 15) is 9.59 Å². The van der Waals surface area contributed by atoms with Crippen LogP contribution in [-0.2, 0) is 28.5 Å². The lowest BCUT2D eigenvalue weighted by molar-refractivity contribution is -0.214. The number of methoxy groups -OCH3 is 1. The van der Waals surface area contributed by atoms with Gasteiger partial charge in [-0.05, 0) is 26.0 Å². The summed E-state index contributed by atoms with van der Waals surface area (Å²) in [7, 11) is 1.33. The second-order valence-corrected chi connectivity index (χ2v) is 6.55. The summed E-state index contributed by atoms with van der Waals surface area (Å²) in [6.07, 6.45) is -1.40. The molecule has 0 amide bonds. The number of ether oxygens (including phenoxy) is 5. The predicted molar refractivity (Wildman–Crippen MR) is 85.5 cm³/mol. The van der Waals surface area contributed by atoms with Crippen LogP contribution in [0.4, 0.5) is 0 Å². The van der Waals surface area contributed by atoms with Crippen molar-refractivity contribution in [2.75, 3.05) is 13.7 Å². The van der Waals surface area contributed by atoms with Crippen molar-refractivity contribution in [2.45, 2.75) is 44.6 Å². The Balaban J connectivity index is 1.65. The fourth-order valence-electron chi connectivity index (χ4n) is 3.14. The molecule has 0 unspecified atom stereocenters. The highest BCUT2D eigenvalue weighted by Gasteiger charge is 2.55. The largest absolute Gasteiger partial charge is 0.469 e. The number of hydrogen-bond donors (Lipinski definition) is 0. The monoisotopic (exact) mass is 350 g/mol. The van der Waals surface area contributed by atoms with Crippen molar-refractivity contribution < 1.29 is 33.3 Å². The topological polar surface area (TPSA) is 80.3 Å². The van der Waals surface area contributed by atoms with Crippen molar-refractivity contribution in [3.8, 4) is 0 Å². The molecule has 0 saturated carbocycles. The molecule has 136 valence electrons. The van der Waals surface area contributed by atoms with Crippen LogP contribution >= 0.6 is 0 Å². The Hall–Kier alpha value is -1.96. The molecule has 2 saturated heterocycles. The molecule has 0 bridgehead atoms. The molecule has 25 heavy (non-hydrogen) atoms. The maximum atomic E-state index is 12.1. The molecule has 7 nitrogen and oxygen atoms in total. The van der Waals surface area contributed by atoms with E-state index in [1.165, 1.54) is 7.11 Å². The van der Waals surface area contributed by atoms with Crippen molar-refractivity contribution in [1.82, 2.24) is 0 Å². The van der Waals surface area contributed by atoms with Gasteiger partial charge in [0.25, 0.3) is 0 Å². The molecule has 7 heteroatoms. The van der Waals surface area contributed by atoms with E-state index in [0.717, 1.165) is 0 Å². The number of rotatable bonds is 5. The normalized spacial score (nSPS) is 29.9. The average molecular weight is 350 g/mol. The molecule has 2 fully saturated rings. The van der Waals surface area contributed by atoms with Crippen LogP contribution in [0.25, 0.3) is 0 Å².